The first-order valence-electron chi connectivity index (χ1n) is 4.43. The minimum Gasteiger partial charge on any atom is -0.370 e. The van der Waals surface area contributed by atoms with Gasteiger partial charge in [0.25, 0.3) is 5.56 Å². The van der Waals surface area contributed by atoms with Crippen molar-refractivity contribution in [2.45, 2.75) is 12.7 Å². The summed E-state index contributed by atoms with van der Waals surface area (Å²) in [7, 11) is 0. The SMILES string of the molecule is O=c1[nH]c(=O)n(CCOCC(F)(F)F)cc1I. The Labute approximate surface area is 107 Å². The van der Waals surface area contributed by atoms with Gasteiger partial charge in [0, 0.05) is 6.20 Å². The first-order chi connectivity index (χ1) is 7.79. The predicted molar refractivity (Wildman–Crippen MR) is 60.9 cm³/mol. The highest BCUT2D eigenvalue weighted by Crippen LogP contribution is 2.14. The van der Waals surface area contributed by atoms with E-state index < -0.39 is 24.0 Å². The molecule has 1 heterocycles. The van der Waals surface area contributed by atoms with Gasteiger partial charge in [-0.2, -0.15) is 13.2 Å². The van der Waals surface area contributed by atoms with Crippen LogP contribution in [-0.2, 0) is 11.3 Å². The van der Waals surface area contributed by atoms with Crippen LogP contribution in [-0.4, -0.2) is 28.9 Å². The molecule has 0 unspecified atom stereocenters. The van der Waals surface area contributed by atoms with Crippen LogP contribution in [0, 0.1) is 3.57 Å². The number of nitrogens with one attached hydrogen (secondary N) is 1. The summed E-state index contributed by atoms with van der Waals surface area (Å²) in [5.74, 6) is 0. The third-order valence-corrected chi connectivity index (χ3v) is 2.48. The van der Waals surface area contributed by atoms with Gasteiger partial charge in [-0.25, -0.2) is 4.79 Å². The molecule has 1 N–H and O–H groups in total. The Bertz CT molecular complexity index is 494. The molecule has 0 spiro atoms. The van der Waals surface area contributed by atoms with E-state index in [1.165, 1.54) is 6.20 Å². The molecule has 0 atom stereocenters. The summed E-state index contributed by atoms with van der Waals surface area (Å²) in [6.45, 7) is -1.68. The lowest BCUT2D eigenvalue weighted by atomic mass is 10.6. The Balaban J connectivity index is 2.56. The molecule has 1 aromatic rings. The van der Waals surface area contributed by atoms with Gasteiger partial charge in [0.15, 0.2) is 0 Å². The highest BCUT2D eigenvalue weighted by atomic mass is 127. The van der Waals surface area contributed by atoms with E-state index in [2.05, 4.69) is 4.74 Å². The van der Waals surface area contributed by atoms with E-state index in [0.29, 0.717) is 0 Å². The molecule has 96 valence electrons. The average Bonchev–Trinajstić information content (AvgIpc) is 2.18. The van der Waals surface area contributed by atoms with E-state index in [0.717, 1.165) is 4.57 Å². The van der Waals surface area contributed by atoms with Crippen molar-refractivity contribution < 1.29 is 17.9 Å². The average molecular weight is 364 g/mol. The van der Waals surface area contributed by atoms with Crippen LogP contribution in [0.3, 0.4) is 0 Å². The summed E-state index contributed by atoms with van der Waals surface area (Å²) in [6, 6.07) is 0. The molecule has 0 bridgehead atoms. The fraction of sp³-hybridized carbons (Fsp3) is 0.500. The molecule has 1 rings (SSSR count). The Morgan fingerprint density at radius 1 is 1.41 bits per heavy atom. The van der Waals surface area contributed by atoms with Crippen LogP contribution in [0.25, 0.3) is 0 Å². The molecule has 0 saturated carbocycles. The molecule has 9 heteroatoms. The molecule has 0 saturated heterocycles. The monoisotopic (exact) mass is 364 g/mol. The third-order valence-electron chi connectivity index (χ3n) is 1.71. The largest absolute Gasteiger partial charge is 0.411 e. The number of rotatable bonds is 4. The minimum absolute atomic E-state index is 0.0539. The lowest BCUT2D eigenvalue weighted by Gasteiger charge is -2.08. The van der Waals surface area contributed by atoms with Crippen molar-refractivity contribution in [3.05, 3.63) is 30.6 Å². The van der Waals surface area contributed by atoms with Crippen LogP contribution in [0.1, 0.15) is 0 Å². The van der Waals surface area contributed by atoms with Crippen molar-refractivity contribution in [3.8, 4) is 0 Å². The smallest absolute Gasteiger partial charge is 0.370 e. The zero-order valence-electron chi connectivity index (χ0n) is 8.38. The molecule has 0 aromatic carbocycles. The van der Waals surface area contributed by atoms with Crippen molar-refractivity contribution in [3.63, 3.8) is 0 Å². The van der Waals surface area contributed by atoms with Gasteiger partial charge in [0.1, 0.15) is 6.61 Å². The van der Waals surface area contributed by atoms with Gasteiger partial charge in [-0.1, -0.05) is 0 Å². The quantitative estimate of drug-likeness (QED) is 0.633. The van der Waals surface area contributed by atoms with E-state index >= 15 is 0 Å². The summed E-state index contributed by atoms with van der Waals surface area (Å²) in [4.78, 5) is 24.2. The Morgan fingerprint density at radius 2 is 2.06 bits per heavy atom. The molecule has 0 aliphatic carbocycles. The first-order valence-corrected chi connectivity index (χ1v) is 5.51. The highest BCUT2D eigenvalue weighted by molar-refractivity contribution is 14.1. The zero-order valence-corrected chi connectivity index (χ0v) is 10.5. The summed E-state index contributed by atoms with van der Waals surface area (Å²) in [5, 5.41) is 0. The Hall–Kier alpha value is -0.840. The van der Waals surface area contributed by atoms with Gasteiger partial charge in [-0.3, -0.25) is 14.3 Å². The second kappa shape index (κ2) is 5.67. The maximum absolute atomic E-state index is 11.7. The second-order valence-corrected chi connectivity index (χ2v) is 4.26. The minimum atomic E-state index is -4.38. The van der Waals surface area contributed by atoms with E-state index in [1.807, 2.05) is 4.98 Å². The normalized spacial score (nSPS) is 11.8. The second-order valence-electron chi connectivity index (χ2n) is 3.10. The van der Waals surface area contributed by atoms with Gasteiger partial charge < -0.3 is 4.74 Å². The van der Waals surface area contributed by atoms with E-state index in [-0.39, 0.29) is 16.7 Å². The number of halogens is 4. The molecule has 1 aromatic heterocycles. The standard InChI is InChI=1S/C8H8F3IN2O3/c9-8(10,11)4-17-2-1-14-3-5(12)6(15)13-7(14)16/h3H,1-2,4H2,(H,13,15,16). The summed E-state index contributed by atoms with van der Waals surface area (Å²) in [5.41, 5.74) is -1.20. The topological polar surface area (TPSA) is 64.1 Å². The van der Waals surface area contributed by atoms with Crippen LogP contribution < -0.4 is 11.2 Å². The van der Waals surface area contributed by atoms with Crippen LogP contribution in [0.4, 0.5) is 13.2 Å². The summed E-state index contributed by atoms with van der Waals surface area (Å²) < 4.78 is 40.9. The highest BCUT2D eigenvalue weighted by Gasteiger charge is 2.27. The number of H-pyrrole nitrogens is 1. The van der Waals surface area contributed by atoms with Crippen LogP contribution in [0.2, 0.25) is 0 Å². The lowest BCUT2D eigenvalue weighted by Crippen LogP contribution is -2.32. The molecular formula is C8H8F3IN2O3. The first kappa shape index (κ1) is 14.2. The number of alkyl halides is 3. The molecule has 0 radical (unpaired) electrons. The Kier molecular flexibility index (Phi) is 4.74. The van der Waals surface area contributed by atoms with Crippen LogP contribution in [0.15, 0.2) is 15.8 Å². The number of hydrogen-bond acceptors (Lipinski definition) is 3. The van der Waals surface area contributed by atoms with Gasteiger partial charge in [-0.05, 0) is 22.6 Å². The maximum atomic E-state index is 11.7. The number of hydrogen-bond donors (Lipinski definition) is 1. The van der Waals surface area contributed by atoms with E-state index in [1.54, 1.807) is 22.6 Å². The molecule has 17 heavy (non-hydrogen) atoms. The van der Waals surface area contributed by atoms with Gasteiger partial charge in [0.05, 0.1) is 16.7 Å². The number of aromatic amines is 1. The van der Waals surface area contributed by atoms with Crippen molar-refractivity contribution in [1.29, 1.82) is 0 Å². The van der Waals surface area contributed by atoms with Crippen molar-refractivity contribution in [2.24, 2.45) is 0 Å². The van der Waals surface area contributed by atoms with Gasteiger partial charge in [-0.15, -0.1) is 0 Å². The molecule has 0 fully saturated rings. The predicted octanol–water partition coefficient (Wildman–Crippen LogP) is 0.720. The maximum Gasteiger partial charge on any atom is 0.411 e. The van der Waals surface area contributed by atoms with E-state index in [9.17, 15) is 22.8 Å². The number of nitrogens with zero attached hydrogens (tertiary/aromatic N) is 1. The molecular weight excluding hydrogens is 356 g/mol. The molecule has 5 nitrogen and oxygen atoms in total. The van der Waals surface area contributed by atoms with Gasteiger partial charge in [0.2, 0.25) is 0 Å². The third kappa shape index (κ3) is 4.89. The Morgan fingerprint density at radius 3 is 2.65 bits per heavy atom. The fourth-order valence-electron chi connectivity index (χ4n) is 1.000. The summed E-state index contributed by atoms with van der Waals surface area (Å²) >= 11 is 1.72. The molecule has 0 aliphatic heterocycles. The molecule has 0 amide bonds. The zero-order chi connectivity index (χ0) is 13.1. The molecule has 0 aliphatic rings. The lowest BCUT2D eigenvalue weighted by molar-refractivity contribution is -0.174. The van der Waals surface area contributed by atoms with Crippen molar-refractivity contribution >= 4 is 22.6 Å². The fourth-order valence-corrected chi connectivity index (χ4v) is 1.47. The summed E-state index contributed by atoms with van der Waals surface area (Å²) in [6.07, 6.45) is -3.12. The number of aromatic nitrogens is 2. The van der Waals surface area contributed by atoms with Crippen LogP contribution in [0.5, 0.6) is 0 Å². The van der Waals surface area contributed by atoms with E-state index in [4.69, 9.17) is 0 Å². The van der Waals surface area contributed by atoms with Crippen molar-refractivity contribution in [2.75, 3.05) is 13.2 Å². The van der Waals surface area contributed by atoms with Crippen LogP contribution >= 0.6 is 22.6 Å². The number of ether oxygens (including phenoxy) is 1. The van der Waals surface area contributed by atoms with Crippen molar-refractivity contribution in [1.82, 2.24) is 9.55 Å². The van der Waals surface area contributed by atoms with Gasteiger partial charge >= 0.3 is 11.9 Å².